The number of rotatable bonds is 0. The molecule has 0 aromatic rings. The topological polar surface area (TPSA) is 32.3 Å². The van der Waals surface area contributed by atoms with Gasteiger partial charge in [-0.1, -0.05) is 0 Å². The molecule has 0 aromatic carbocycles. The molecule has 11 heavy (non-hydrogen) atoms. The molecule has 2 N–H and O–H groups in total. The van der Waals surface area contributed by atoms with Gasteiger partial charge in [-0.15, -0.1) is 0 Å². The Bertz CT molecular complexity index is 136. The Morgan fingerprint density at radius 3 is 2.82 bits per heavy atom. The number of aliphatic hydroxyl groups is 1. The van der Waals surface area contributed by atoms with Crippen LogP contribution in [-0.2, 0) is 0 Å². The number of hydrogen-bond acceptors (Lipinski definition) is 2. The van der Waals surface area contributed by atoms with Crippen LogP contribution in [0.5, 0.6) is 0 Å². The number of nitrogens with one attached hydrogen (secondary N) is 1. The predicted molar refractivity (Wildman–Crippen MR) is 44.4 cm³/mol. The molecule has 0 amide bonds. The Labute approximate surface area is 68.0 Å². The molecular formula is C9H17NO. The van der Waals surface area contributed by atoms with Crippen LogP contribution in [0.1, 0.15) is 32.1 Å². The van der Waals surface area contributed by atoms with Gasteiger partial charge in [0.05, 0.1) is 6.10 Å². The lowest BCUT2D eigenvalue weighted by atomic mass is 9.77. The summed E-state index contributed by atoms with van der Waals surface area (Å²) in [7, 11) is 0. The standard InChI is InChI=1S/C9H17NO/c11-9-5-1-4-8-7(9)3-2-6-10-8/h7-11H,1-6H2/t7-,8-,9+/m0/s1. The SMILES string of the molecule is O[C@@H]1CCC[C@@H]2NCCC[C@H]12. The van der Waals surface area contributed by atoms with Gasteiger partial charge in [0.15, 0.2) is 0 Å². The average Bonchev–Trinajstić information content (AvgIpc) is 2.06. The van der Waals surface area contributed by atoms with Gasteiger partial charge < -0.3 is 10.4 Å². The maximum Gasteiger partial charge on any atom is 0.0583 e. The van der Waals surface area contributed by atoms with E-state index >= 15 is 0 Å². The smallest absolute Gasteiger partial charge is 0.0583 e. The normalized spacial score (nSPS) is 45.0. The third-order valence-corrected chi connectivity index (χ3v) is 3.15. The van der Waals surface area contributed by atoms with Gasteiger partial charge >= 0.3 is 0 Å². The van der Waals surface area contributed by atoms with Crippen LogP contribution >= 0.6 is 0 Å². The van der Waals surface area contributed by atoms with Crippen molar-refractivity contribution in [2.24, 2.45) is 5.92 Å². The monoisotopic (exact) mass is 155 g/mol. The first kappa shape index (κ1) is 7.56. The average molecular weight is 155 g/mol. The van der Waals surface area contributed by atoms with E-state index in [2.05, 4.69) is 5.32 Å². The molecule has 2 rings (SSSR count). The fourth-order valence-electron chi connectivity index (χ4n) is 2.52. The first-order chi connectivity index (χ1) is 5.38. The number of fused-ring (bicyclic) bond motifs is 1. The molecule has 64 valence electrons. The molecule has 1 heterocycles. The highest BCUT2D eigenvalue weighted by molar-refractivity contribution is 4.89. The molecule has 1 saturated carbocycles. The molecule has 0 radical (unpaired) electrons. The van der Waals surface area contributed by atoms with Gasteiger partial charge in [-0.05, 0) is 38.6 Å². The zero-order chi connectivity index (χ0) is 7.68. The third kappa shape index (κ3) is 1.42. The lowest BCUT2D eigenvalue weighted by Crippen LogP contribution is -2.48. The maximum atomic E-state index is 9.66. The van der Waals surface area contributed by atoms with Crippen LogP contribution in [0.2, 0.25) is 0 Å². The molecule has 2 aliphatic rings. The minimum Gasteiger partial charge on any atom is -0.393 e. The van der Waals surface area contributed by atoms with Gasteiger partial charge in [0, 0.05) is 12.0 Å². The molecule has 3 atom stereocenters. The van der Waals surface area contributed by atoms with Crippen molar-refractivity contribution in [1.82, 2.24) is 5.32 Å². The van der Waals surface area contributed by atoms with E-state index in [0.717, 1.165) is 13.0 Å². The first-order valence-electron chi connectivity index (χ1n) is 4.79. The van der Waals surface area contributed by atoms with E-state index in [1.165, 1.54) is 25.7 Å². The molecule has 1 aliphatic carbocycles. The molecule has 2 nitrogen and oxygen atoms in total. The summed E-state index contributed by atoms with van der Waals surface area (Å²) < 4.78 is 0. The maximum absolute atomic E-state index is 9.66. The van der Waals surface area contributed by atoms with Crippen LogP contribution in [0.4, 0.5) is 0 Å². The summed E-state index contributed by atoms with van der Waals surface area (Å²) in [5.74, 6) is 0.567. The minimum absolute atomic E-state index is 0.0125. The lowest BCUT2D eigenvalue weighted by Gasteiger charge is -2.39. The summed E-state index contributed by atoms with van der Waals surface area (Å²) in [5.41, 5.74) is 0. The third-order valence-electron chi connectivity index (χ3n) is 3.15. The van der Waals surface area contributed by atoms with E-state index in [1.807, 2.05) is 0 Å². The van der Waals surface area contributed by atoms with Gasteiger partial charge in [0.25, 0.3) is 0 Å². The van der Waals surface area contributed by atoms with Crippen molar-refractivity contribution in [3.8, 4) is 0 Å². The highest BCUT2D eigenvalue weighted by Crippen LogP contribution is 2.30. The minimum atomic E-state index is -0.0125. The zero-order valence-electron chi connectivity index (χ0n) is 6.92. The second-order valence-electron chi connectivity index (χ2n) is 3.86. The van der Waals surface area contributed by atoms with Gasteiger partial charge in [-0.2, -0.15) is 0 Å². The molecule has 0 spiro atoms. The second kappa shape index (κ2) is 3.11. The number of piperidine rings is 1. The molecule has 2 fully saturated rings. The van der Waals surface area contributed by atoms with Crippen molar-refractivity contribution < 1.29 is 5.11 Å². The fourth-order valence-corrected chi connectivity index (χ4v) is 2.52. The number of aliphatic hydroxyl groups excluding tert-OH is 1. The summed E-state index contributed by atoms with van der Waals surface area (Å²) >= 11 is 0. The lowest BCUT2D eigenvalue weighted by molar-refractivity contribution is 0.0307. The van der Waals surface area contributed by atoms with Crippen LogP contribution in [0, 0.1) is 5.92 Å². The van der Waals surface area contributed by atoms with Gasteiger partial charge in [0.1, 0.15) is 0 Å². The van der Waals surface area contributed by atoms with Crippen molar-refractivity contribution in [3.63, 3.8) is 0 Å². The van der Waals surface area contributed by atoms with Crippen molar-refractivity contribution in [2.75, 3.05) is 6.54 Å². The highest BCUT2D eigenvalue weighted by Gasteiger charge is 2.33. The summed E-state index contributed by atoms with van der Waals surface area (Å²) in [4.78, 5) is 0. The van der Waals surface area contributed by atoms with Crippen molar-refractivity contribution in [1.29, 1.82) is 0 Å². The van der Waals surface area contributed by atoms with E-state index in [9.17, 15) is 5.11 Å². The van der Waals surface area contributed by atoms with Crippen LogP contribution in [0.25, 0.3) is 0 Å². The summed E-state index contributed by atoms with van der Waals surface area (Å²) in [6.45, 7) is 1.16. The van der Waals surface area contributed by atoms with Gasteiger partial charge in [-0.3, -0.25) is 0 Å². The van der Waals surface area contributed by atoms with E-state index in [1.54, 1.807) is 0 Å². The Morgan fingerprint density at radius 2 is 2.00 bits per heavy atom. The van der Waals surface area contributed by atoms with Crippen molar-refractivity contribution in [2.45, 2.75) is 44.2 Å². The Kier molecular flexibility index (Phi) is 2.14. The molecule has 2 heteroatoms. The Hall–Kier alpha value is -0.0800. The van der Waals surface area contributed by atoms with Gasteiger partial charge in [-0.25, -0.2) is 0 Å². The van der Waals surface area contributed by atoms with E-state index < -0.39 is 0 Å². The Morgan fingerprint density at radius 1 is 1.09 bits per heavy atom. The summed E-state index contributed by atoms with van der Waals surface area (Å²) in [6.07, 6.45) is 5.98. The summed E-state index contributed by atoms with van der Waals surface area (Å²) in [6, 6.07) is 0.632. The molecule has 0 aromatic heterocycles. The largest absolute Gasteiger partial charge is 0.393 e. The van der Waals surface area contributed by atoms with Crippen LogP contribution in [0.3, 0.4) is 0 Å². The fraction of sp³-hybridized carbons (Fsp3) is 1.00. The quantitative estimate of drug-likeness (QED) is 0.544. The van der Waals surface area contributed by atoms with Crippen molar-refractivity contribution in [3.05, 3.63) is 0 Å². The predicted octanol–water partition coefficient (Wildman–Crippen LogP) is 0.899. The Balaban J connectivity index is 1.99. The van der Waals surface area contributed by atoms with Crippen molar-refractivity contribution >= 4 is 0 Å². The van der Waals surface area contributed by atoms with E-state index in [4.69, 9.17) is 0 Å². The molecular weight excluding hydrogens is 138 g/mol. The second-order valence-corrected chi connectivity index (χ2v) is 3.86. The molecule has 1 saturated heterocycles. The van der Waals surface area contributed by atoms with Gasteiger partial charge in [0.2, 0.25) is 0 Å². The highest BCUT2D eigenvalue weighted by atomic mass is 16.3. The van der Waals surface area contributed by atoms with Crippen LogP contribution < -0.4 is 5.32 Å². The van der Waals surface area contributed by atoms with Crippen LogP contribution in [-0.4, -0.2) is 23.8 Å². The molecule has 1 aliphatic heterocycles. The van der Waals surface area contributed by atoms with Crippen LogP contribution in [0.15, 0.2) is 0 Å². The number of hydrogen-bond donors (Lipinski definition) is 2. The summed E-state index contributed by atoms with van der Waals surface area (Å²) in [5, 5.41) is 13.2. The van der Waals surface area contributed by atoms with E-state index in [-0.39, 0.29) is 6.10 Å². The first-order valence-corrected chi connectivity index (χ1v) is 4.79. The molecule has 0 bridgehead atoms. The molecule has 0 unspecified atom stereocenters. The van der Waals surface area contributed by atoms with E-state index in [0.29, 0.717) is 12.0 Å². The zero-order valence-corrected chi connectivity index (χ0v) is 6.92.